The molecule has 0 aliphatic carbocycles. The van der Waals surface area contributed by atoms with E-state index in [2.05, 4.69) is 31.0 Å². The van der Waals surface area contributed by atoms with Crippen LogP contribution in [0.25, 0.3) is 0 Å². The summed E-state index contributed by atoms with van der Waals surface area (Å²) in [5.41, 5.74) is 3.79. The predicted molar refractivity (Wildman–Crippen MR) is 119 cm³/mol. The van der Waals surface area contributed by atoms with Gasteiger partial charge in [-0.15, -0.1) is 0 Å². The van der Waals surface area contributed by atoms with E-state index in [1.165, 1.54) is 12.1 Å². The Morgan fingerprint density at radius 1 is 1.32 bits per heavy atom. The third-order valence-electron chi connectivity index (χ3n) is 6.39. The van der Waals surface area contributed by atoms with Gasteiger partial charge >= 0.3 is 0 Å². The second-order valence-corrected chi connectivity index (χ2v) is 9.31. The number of amides is 1. The number of hydrogen-bond donors (Lipinski definition) is 2. The highest BCUT2D eigenvalue weighted by molar-refractivity contribution is 5.97. The molecule has 2 N–H and O–H groups in total. The molecule has 6 nitrogen and oxygen atoms in total. The maximum atomic E-state index is 13.3. The van der Waals surface area contributed by atoms with E-state index < -0.39 is 0 Å². The smallest absolute Gasteiger partial charge is 0.241 e. The average molecular weight is 427 g/mol. The number of halogens is 1. The van der Waals surface area contributed by atoms with Gasteiger partial charge in [0.15, 0.2) is 0 Å². The molecule has 1 unspecified atom stereocenters. The molecular weight excluding hydrogens is 395 g/mol. The number of anilines is 1. The number of nitrogens with zero attached hydrogens (tertiary/aromatic N) is 3. The Morgan fingerprint density at radius 2 is 2.06 bits per heavy atom. The Labute approximate surface area is 183 Å². The summed E-state index contributed by atoms with van der Waals surface area (Å²) in [6.45, 7) is 9.72. The zero-order valence-electron chi connectivity index (χ0n) is 18.5. The molecule has 1 aromatic heterocycles. The number of hydrogen-bond acceptors (Lipinski definition) is 5. The number of fused-ring (bicyclic) bond motifs is 1. The first-order chi connectivity index (χ1) is 14.8. The van der Waals surface area contributed by atoms with Gasteiger partial charge in [0.05, 0.1) is 30.2 Å². The van der Waals surface area contributed by atoms with Crippen LogP contribution < -0.4 is 10.2 Å². The van der Waals surface area contributed by atoms with Crippen LogP contribution >= 0.6 is 0 Å². The van der Waals surface area contributed by atoms with E-state index in [1.54, 1.807) is 12.1 Å². The largest absolute Gasteiger partial charge is 0.390 e. The SMILES string of the molecule is CC1CNCCN1CC(=O)N1CC(C)(C)c2nc(CO)c(Cc3ccc(F)cc3)cc21. The van der Waals surface area contributed by atoms with Crippen LogP contribution in [0.2, 0.25) is 0 Å². The van der Waals surface area contributed by atoms with Gasteiger partial charge in [0.2, 0.25) is 5.91 Å². The van der Waals surface area contributed by atoms with Crippen molar-refractivity contribution in [3.8, 4) is 0 Å². The highest BCUT2D eigenvalue weighted by Crippen LogP contribution is 2.40. The summed E-state index contributed by atoms with van der Waals surface area (Å²) in [5, 5.41) is 13.3. The molecule has 1 amide bonds. The fraction of sp³-hybridized carbons (Fsp3) is 0.500. The summed E-state index contributed by atoms with van der Waals surface area (Å²) >= 11 is 0. The summed E-state index contributed by atoms with van der Waals surface area (Å²) in [5.74, 6) is -0.203. The molecule has 31 heavy (non-hydrogen) atoms. The van der Waals surface area contributed by atoms with Crippen LogP contribution in [0.5, 0.6) is 0 Å². The molecule has 3 heterocycles. The van der Waals surface area contributed by atoms with E-state index in [9.17, 15) is 14.3 Å². The molecule has 1 aromatic carbocycles. The molecule has 0 saturated carbocycles. The Kier molecular flexibility index (Phi) is 6.10. The molecule has 7 heteroatoms. The molecule has 0 radical (unpaired) electrons. The van der Waals surface area contributed by atoms with Gasteiger partial charge in [-0.2, -0.15) is 0 Å². The molecule has 2 aliphatic heterocycles. The number of aliphatic hydroxyl groups excluding tert-OH is 1. The topological polar surface area (TPSA) is 68.7 Å². The number of piperazine rings is 1. The molecule has 0 bridgehead atoms. The molecule has 1 atom stereocenters. The second-order valence-electron chi connectivity index (χ2n) is 9.31. The van der Waals surface area contributed by atoms with Crippen molar-refractivity contribution in [2.24, 2.45) is 0 Å². The lowest BCUT2D eigenvalue weighted by Crippen LogP contribution is -2.53. The van der Waals surface area contributed by atoms with Crippen molar-refractivity contribution in [3.05, 3.63) is 58.7 Å². The first-order valence-corrected chi connectivity index (χ1v) is 10.9. The van der Waals surface area contributed by atoms with Crippen LogP contribution in [0.4, 0.5) is 10.1 Å². The minimum absolute atomic E-state index is 0.0758. The fourth-order valence-electron chi connectivity index (χ4n) is 4.55. The summed E-state index contributed by atoms with van der Waals surface area (Å²) in [4.78, 5) is 22.2. The number of pyridine rings is 1. The third kappa shape index (κ3) is 4.49. The standard InChI is InChI=1S/C24H31FN4O2/c1-16-12-26-8-9-28(16)13-22(31)29-15-24(2,3)23-21(29)11-18(20(14-30)27-23)10-17-4-6-19(25)7-5-17/h4-7,11,16,26,30H,8-10,12-15H2,1-3H3. The van der Waals surface area contributed by atoms with Crippen LogP contribution in [0.1, 0.15) is 43.3 Å². The van der Waals surface area contributed by atoms with Crippen LogP contribution in [0, 0.1) is 5.82 Å². The maximum absolute atomic E-state index is 13.3. The number of aliphatic hydroxyl groups is 1. The minimum Gasteiger partial charge on any atom is -0.390 e. The van der Waals surface area contributed by atoms with E-state index in [-0.39, 0.29) is 23.7 Å². The van der Waals surface area contributed by atoms with Gasteiger partial charge in [0, 0.05) is 37.6 Å². The van der Waals surface area contributed by atoms with Gasteiger partial charge < -0.3 is 15.3 Å². The van der Waals surface area contributed by atoms with Crippen molar-refractivity contribution in [1.82, 2.24) is 15.2 Å². The highest BCUT2D eigenvalue weighted by Gasteiger charge is 2.40. The van der Waals surface area contributed by atoms with Crippen molar-refractivity contribution >= 4 is 11.6 Å². The van der Waals surface area contributed by atoms with Gasteiger partial charge in [0.25, 0.3) is 0 Å². The van der Waals surface area contributed by atoms with E-state index in [1.807, 2.05) is 11.0 Å². The van der Waals surface area contributed by atoms with Gasteiger partial charge in [-0.3, -0.25) is 14.7 Å². The Bertz CT molecular complexity index is 961. The summed E-state index contributed by atoms with van der Waals surface area (Å²) in [7, 11) is 0. The number of rotatable bonds is 5. The van der Waals surface area contributed by atoms with E-state index in [0.717, 1.165) is 42.1 Å². The number of carbonyl (C=O) groups is 1. The van der Waals surface area contributed by atoms with Crippen molar-refractivity contribution in [3.63, 3.8) is 0 Å². The molecular formula is C24H31FN4O2. The fourth-order valence-corrected chi connectivity index (χ4v) is 4.55. The molecule has 4 rings (SSSR count). The molecule has 166 valence electrons. The zero-order valence-corrected chi connectivity index (χ0v) is 18.5. The highest BCUT2D eigenvalue weighted by atomic mass is 19.1. The summed E-state index contributed by atoms with van der Waals surface area (Å²) in [6, 6.07) is 8.65. The maximum Gasteiger partial charge on any atom is 0.241 e. The lowest BCUT2D eigenvalue weighted by molar-refractivity contribution is -0.120. The number of carbonyl (C=O) groups excluding carboxylic acids is 1. The van der Waals surface area contributed by atoms with Crippen molar-refractivity contribution in [1.29, 1.82) is 0 Å². The van der Waals surface area contributed by atoms with E-state index >= 15 is 0 Å². The van der Waals surface area contributed by atoms with Gasteiger partial charge in [-0.25, -0.2) is 4.39 Å². The predicted octanol–water partition coefficient (Wildman–Crippen LogP) is 2.22. The summed E-state index contributed by atoms with van der Waals surface area (Å²) < 4.78 is 13.3. The number of nitrogens with one attached hydrogen (secondary N) is 1. The monoisotopic (exact) mass is 426 g/mol. The second kappa shape index (κ2) is 8.65. The normalized spacial score (nSPS) is 20.7. The van der Waals surface area contributed by atoms with Gasteiger partial charge in [0.1, 0.15) is 5.82 Å². The molecule has 0 spiro atoms. The average Bonchev–Trinajstić information content (AvgIpc) is 3.01. The molecule has 1 saturated heterocycles. The Morgan fingerprint density at radius 3 is 2.74 bits per heavy atom. The lowest BCUT2D eigenvalue weighted by atomic mass is 9.90. The summed E-state index contributed by atoms with van der Waals surface area (Å²) in [6.07, 6.45) is 0.522. The first-order valence-electron chi connectivity index (χ1n) is 10.9. The van der Waals surface area contributed by atoms with E-state index in [0.29, 0.717) is 31.2 Å². The Hall–Kier alpha value is -2.35. The van der Waals surface area contributed by atoms with Crippen LogP contribution in [-0.4, -0.2) is 59.7 Å². The van der Waals surface area contributed by atoms with Gasteiger partial charge in [-0.05, 0) is 42.7 Å². The van der Waals surface area contributed by atoms with Crippen LogP contribution in [-0.2, 0) is 23.2 Å². The molecule has 2 aromatic rings. The number of benzene rings is 1. The van der Waals surface area contributed by atoms with Crippen molar-refractivity contribution < 1.29 is 14.3 Å². The quantitative estimate of drug-likeness (QED) is 0.768. The van der Waals surface area contributed by atoms with Crippen LogP contribution in [0.15, 0.2) is 30.3 Å². The minimum atomic E-state index is -0.293. The van der Waals surface area contributed by atoms with E-state index in [4.69, 9.17) is 4.98 Å². The number of aromatic nitrogens is 1. The van der Waals surface area contributed by atoms with Gasteiger partial charge in [-0.1, -0.05) is 26.0 Å². The molecule has 2 aliphatic rings. The molecule has 1 fully saturated rings. The van der Waals surface area contributed by atoms with Crippen LogP contribution in [0.3, 0.4) is 0 Å². The van der Waals surface area contributed by atoms with Crippen molar-refractivity contribution in [2.45, 2.75) is 45.3 Å². The lowest BCUT2D eigenvalue weighted by Gasteiger charge is -2.34. The Balaban J connectivity index is 1.64. The van der Waals surface area contributed by atoms with Crippen molar-refractivity contribution in [2.75, 3.05) is 37.6 Å². The zero-order chi connectivity index (χ0) is 22.2. The first kappa shape index (κ1) is 21.9. The third-order valence-corrected chi connectivity index (χ3v) is 6.39.